The van der Waals surface area contributed by atoms with Crippen LogP contribution in [0.1, 0.15) is 182 Å². The Morgan fingerprint density at radius 3 is 0.760 bits per heavy atom. The van der Waals surface area contributed by atoms with E-state index in [1.54, 1.807) is 6.92 Å². The minimum atomic E-state index is -0.326. The van der Waals surface area contributed by atoms with Crippen molar-refractivity contribution in [1.82, 2.24) is 0 Å². The van der Waals surface area contributed by atoms with Gasteiger partial charge in [-0.15, -0.1) is 0 Å². The van der Waals surface area contributed by atoms with Gasteiger partial charge in [-0.3, -0.25) is 4.79 Å². The van der Waals surface area contributed by atoms with Crippen molar-refractivity contribution in [3.8, 4) is 0 Å². The largest absolute Gasteiger partial charge is 0.460 e. The van der Waals surface area contributed by atoms with Crippen LogP contribution in [-0.4, -0.2) is 11.6 Å². The van der Waals surface area contributed by atoms with Gasteiger partial charge in [-0.05, 0) is 165 Å². The number of rotatable bonds is 1. The zero-order chi connectivity index (χ0) is 36.7. The highest BCUT2D eigenvalue weighted by molar-refractivity contribution is 5.69. The van der Waals surface area contributed by atoms with Gasteiger partial charge >= 0.3 is 5.97 Å². The van der Waals surface area contributed by atoms with E-state index >= 15 is 0 Å². The maximum atomic E-state index is 10.6. The molecular formula is C48H66O2. The summed E-state index contributed by atoms with van der Waals surface area (Å²) >= 11 is 0. The summed E-state index contributed by atoms with van der Waals surface area (Å²) in [5.74, 6) is 1.18. The van der Waals surface area contributed by atoms with Gasteiger partial charge in [0.2, 0.25) is 0 Å². The molecule has 0 N–H and O–H groups in total. The number of carbonyl (C=O) groups is 1. The van der Waals surface area contributed by atoms with Crippen LogP contribution in [0.25, 0.3) is 0 Å². The molecule has 8 bridgehead atoms. The summed E-state index contributed by atoms with van der Waals surface area (Å²) in [7, 11) is 0. The summed E-state index contributed by atoms with van der Waals surface area (Å²) in [6.07, 6.45) is 0.456. The van der Waals surface area contributed by atoms with Crippen LogP contribution in [-0.2, 0) is 9.53 Å². The minimum absolute atomic E-state index is 0. The van der Waals surface area contributed by atoms with Gasteiger partial charge in [0.1, 0.15) is 5.60 Å². The van der Waals surface area contributed by atoms with E-state index in [0.29, 0.717) is 30.1 Å². The Morgan fingerprint density at radius 2 is 0.640 bits per heavy atom. The first kappa shape index (κ1) is 40.8. The average molecular weight is 675 g/mol. The number of hydrogen-bond acceptors (Lipinski definition) is 2. The Kier molecular flexibility index (Phi) is 12.8. The van der Waals surface area contributed by atoms with Gasteiger partial charge in [-0.2, -0.15) is 0 Å². The molecule has 0 saturated heterocycles. The summed E-state index contributed by atoms with van der Waals surface area (Å²) in [5.41, 5.74) is 22.5. The number of benzene rings is 4. The molecule has 1 aliphatic carbocycles. The first-order valence-corrected chi connectivity index (χ1v) is 18.4. The van der Waals surface area contributed by atoms with Gasteiger partial charge in [-0.25, -0.2) is 0 Å². The minimum Gasteiger partial charge on any atom is -0.460 e. The SMILES string of the molecule is C.CCC(=O)OC(C)(C)C.Cc1cc(C)c2cc1C(C)c1cc(c(C)cc1C)C(C)c1cc(c(C)cc1C)C(C)c1cc(c(C)cc1C)C2C. The zero-order valence-electron chi connectivity index (χ0n) is 33.5. The molecule has 0 aliphatic heterocycles. The fraction of sp³-hybridized carbons (Fsp3) is 0.479. The summed E-state index contributed by atoms with van der Waals surface area (Å²) in [5, 5.41) is 0. The third kappa shape index (κ3) is 8.44. The second kappa shape index (κ2) is 15.7. The van der Waals surface area contributed by atoms with Crippen LogP contribution in [0, 0.1) is 55.4 Å². The number of hydrogen-bond donors (Lipinski definition) is 0. The second-order valence-corrected chi connectivity index (χ2v) is 16.1. The molecule has 4 aromatic carbocycles. The number of esters is 1. The van der Waals surface area contributed by atoms with Crippen molar-refractivity contribution in [3.63, 3.8) is 0 Å². The fourth-order valence-electron chi connectivity index (χ4n) is 8.36. The van der Waals surface area contributed by atoms with E-state index in [9.17, 15) is 4.79 Å². The standard InChI is InChI=1S/C40H48.C7H14O2.CH4/c1-21-13-22(2)34-17-33(21)29(9)35-18-36(24(4)14-23(35)3)31(11)39-20-40(28(8)16-27(39)7)32(12)38-19-37(30(34)10)25(5)15-26(38)6;1-5-6(8)9-7(2,3)4;/h13-20,29-32H,1-12H3;5H2,1-4H3;1H4. The monoisotopic (exact) mass is 675 g/mol. The lowest BCUT2D eigenvalue weighted by atomic mass is 9.76. The van der Waals surface area contributed by atoms with Crippen LogP contribution in [0.5, 0.6) is 0 Å². The molecule has 270 valence electrons. The van der Waals surface area contributed by atoms with E-state index in [1.165, 1.54) is 89.0 Å². The molecule has 0 heterocycles. The van der Waals surface area contributed by atoms with Crippen LogP contribution in [0.4, 0.5) is 0 Å². The van der Waals surface area contributed by atoms with Crippen LogP contribution in [0.15, 0.2) is 48.5 Å². The third-order valence-corrected chi connectivity index (χ3v) is 11.1. The van der Waals surface area contributed by atoms with Crippen molar-refractivity contribution in [3.05, 3.63) is 138 Å². The zero-order valence-corrected chi connectivity index (χ0v) is 33.5. The number of carbonyl (C=O) groups excluding carboxylic acids is 1. The Morgan fingerprint density at radius 1 is 0.460 bits per heavy atom. The topological polar surface area (TPSA) is 26.3 Å². The van der Waals surface area contributed by atoms with Crippen molar-refractivity contribution < 1.29 is 9.53 Å². The van der Waals surface area contributed by atoms with Crippen molar-refractivity contribution in [2.24, 2.45) is 0 Å². The van der Waals surface area contributed by atoms with E-state index in [-0.39, 0.29) is 19.0 Å². The highest BCUT2D eigenvalue weighted by Crippen LogP contribution is 2.42. The van der Waals surface area contributed by atoms with Gasteiger partial charge in [0, 0.05) is 30.1 Å². The van der Waals surface area contributed by atoms with E-state index in [4.69, 9.17) is 4.74 Å². The fourth-order valence-corrected chi connectivity index (χ4v) is 8.36. The maximum absolute atomic E-state index is 10.6. The molecule has 0 atom stereocenters. The van der Waals surface area contributed by atoms with Gasteiger partial charge in [0.05, 0.1) is 0 Å². The van der Waals surface area contributed by atoms with Crippen LogP contribution >= 0.6 is 0 Å². The molecule has 2 heteroatoms. The number of ether oxygens (including phenoxy) is 1. The Bertz CT molecular complexity index is 1520. The van der Waals surface area contributed by atoms with Crippen molar-refractivity contribution in [1.29, 1.82) is 0 Å². The predicted molar refractivity (Wildman–Crippen MR) is 217 cm³/mol. The Labute approximate surface area is 306 Å². The molecule has 0 saturated carbocycles. The molecule has 0 amide bonds. The highest BCUT2D eigenvalue weighted by Gasteiger charge is 2.25. The quantitative estimate of drug-likeness (QED) is 0.188. The molecule has 1 aliphatic rings. The van der Waals surface area contributed by atoms with E-state index in [1.807, 2.05) is 20.8 Å². The van der Waals surface area contributed by atoms with Gasteiger partial charge in [-0.1, -0.05) is 90.6 Å². The molecule has 50 heavy (non-hydrogen) atoms. The molecule has 5 rings (SSSR count). The normalized spacial score (nSPS) is 18.4. The second-order valence-electron chi connectivity index (χ2n) is 16.1. The highest BCUT2D eigenvalue weighted by atomic mass is 16.6. The third-order valence-electron chi connectivity index (χ3n) is 11.1. The Hall–Kier alpha value is -3.65. The molecule has 0 spiro atoms. The first-order chi connectivity index (χ1) is 22.7. The lowest BCUT2D eigenvalue weighted by Crippen LogP contribution is -2.23. The van der Waals surface area contributed by atoms with Crippen molar-refractivity contribution >= 4 is 5.97 Å². The maximum Gasteiger partial charge on any atom is 0.306 e. The lowest BCUT2D eigenvalue weighted by molar-refractivity contribution is -0.154. The van der Waals surface area contributed by atoms with Crippen LogP contribution in [0.2, 0.25) is 0 Å². The van der Waals surface area contributed by atoms with Crippen LogP contribution in [0.3, 0.4) is 0 Å². The average Bonchev–Trinajstić information content (AvgIpc) is 2.99. The van der Waals surface area contributed by atoms with Gasteiger partial charge in [0.25, 0.3) is 0 Å². The van der Waals surface area contributed by atoms with Crippen LogP contribution < -0.4 is 0 Å². The summed E-state index contributed by atoms with van der Waals surface area (Å²) in [6, 6.07) is 19.9. The predicted octanol–water partition coefficient (Wildman–Crippen LogP) is 13.4. The van der Waals surface area contributed by atoms with Gasteiger partial charge < -0.3 is 4.74 Å². The lowest BCUT2D eigenvalue weighted by Gasteiger charge is -2.28. The summed E-state index contributed by atoms with van der Waals surface area (Å²) < 4.78 is 4.95. The smallest absolute Gasteiger partial charge is 0.306 e. The molecule has 0 radical (unpaired) electrons. The molecular weight excluding hydrogens is 609 g/mol. The molecule has 0 aromatic heterocycles. The molecule has 4 aromatic rings. The number of aryl methyl sites for hydroxylation is 8. The van der Waals surface area contributed by atoms with E-state index in [2.05, 4.69) is 132 Å². The summed E-state index contributed by atoms with van der Waals surface area (Å²) in [6.45, 7) is 35.4. The summed E-state index contributed by atoms with van der Waals surface area (Å²) in [4.78, 5) is 10.6. The molecule has 0 fully saturated rings. The molecule has 2 nitrogen and oxygen atoms in total. The number of fused-ring (bicyclic) bond motifs is 8. The van der Waals surface area contributed by atoms with E-state index < -0.39 is 0 Å². The van der Waals surface area contributed by atoms with Crippen molar-refractivity contribution in [2.45, 2.75) is 154 Å². The Balaban J connectivity index is 0.000000597. The van der Waals surface area contributed by atoms with Gasteiger partial charge in [0.15, 0.2) is 0 Å². The van der Waals surface area contributed by atoms with Crippen molar-refractivity contribution in [2.75, 3.05) is 0 Å². The first-order valence-electron chi connectivity index (χ1n) is 18.4. The molecule has 0 unspecified atom stereocenters. The van der Waals surface area contributed by atoms with E-state index in [0.717, 1.165) is 0 Å².